The lowest BCUT2D eigenvalue weighted by Gasteiger charge is -2.42. The van der Waals surface area contributed by atoms with Crippen molar-refractivity contribution in [2.24, 2.45) is 0 Å². The Morgan fingerprint density at radius 1 is 0.895 bits per heavy atom. The molecule has 10 heteroatoms. The number of hydrogen-bond donors (Lipinski definition) is 1. The second kappa shape index (κ2) is 10.1. The molecule has 2 aliphatic rings. The van der Waals surface area contributed by atoms with Crippen LogP contribution in [0.25, 0.3) is 28.0 Å². The van der Waals surface area contributed by atoms with Crippen molar-refractivity contribution in [3.63, 3.8) is 0 Å². The largest absolute Gasteiger partial charge is 0.418 e. The average Bonchev–Trinajstić information content (AvgIpc) is 3.33. The molecule has 6 nitrogen and oxygen atoms in total. The number of aromatic nitrogens is 4. The summed E-state index contributed by atoms with van der Waals surface area (Å²) in [4.78, 5) is 9.11. The number of H-pyrrole nitrogens is 1. The van der Waals surface area contributed by atoms with Gasteiger partial charge >= 0.3 is 6.18 Å². The first-order chi connectivity index (χ1) is 18.4. The number of piperazine rings is 1. The number of para-hydroxylation sites is 2. The fraction of sp³-hybridized carbons (Fsp3) is 0.393. The second-order valence-corrected chi connectivity index (χ2v) is 10.4. The van der Waals surface area contributed by atoms with Crippen LogP contribution in [-0.4, -0.2) is 56.9 Å². The normalized spacial score (nSPS) is 17.8. The van der Waals surface area contributed by atoms with E-state index in [0.717, 1.165) is 43.6 Å². The number of anilines is 1. The molecule has 0 radical (unpaired) electrons. The van der Waals surface area contributed by atoms with Gasteiger partial charge in [-0.05, 0) is 43.3 Å². The summed E-state index contributed by atoms with van der Waals surface area (Å²) in [5.41, 5.74) is 1.41. The monoisotopic (exact) mass is 538 g/mol. The molecule has 4 aromatic rings. The zero-order chi connectivity index (χ0) is 26.3. The Balaban J connectivity index is 1.48. The van der Waals surface area contributed by atoms with Crippen LogP contribution < -0.4 is 4.90 Å². The van der Waals surface area contributed by atoms with E-state index in [1.165, 1.54) is 44.4 Å². The van der Waals surface area contributed by atoms with Crippen LogP contribution in [0.2, 0.25) is 0 Å². The molecule has 1 saturated heterocycles. The fourth-order valence-corrected chi connectivity index (χ4v) is 6.23. The van der Waals surface area contributed by atoms with Crippen LogP contribution in [0.3, 0.4) is 0 Å². The van der Waals surface area contributed by atoms with E-state index in [4.69, 9.17) is 12.2 Å². The summed E-state index contributed by atoms with van der Waals surface area (Å²) in [5.74, 6) is 0.526. The number of nitrogens with zero attached hydrogens (tertiary/aromatic N) is 5. The highest BCUT2D eigenvalue weighted by atomic mass is 32.1. The van der Waals surface area contributed by atoms with Crippen molar-refractivity contribution in [2.45, 2.75) is 44.3 Å². The maximum absolute atomic E-state index is 14.0. The Labute approximate surface area is 224 Å². The van der Waals surface area contributed by atoms with E-state index in [0.29, 0.717) is 27.6 Å². The smallest absolute Gasteiger partial charge is 0.368 e. The van der Waals surface area contributed by atoms with Crippen molar-refractivity contribution in [1.82, 2.24) is 24.6 Å². The molecule has 3 heterocycles. The van der Waals surface area contributed by atoms with E-state index in [-0.39, 0.29) is 5.52 Å². The Morgan fingerprint density at radius 3 is 2.34 bits per heavy atom. The van der Waals surface area contributed by atoms with Gasteiger partial charge in [-0.3, -0.25) is 19.5 Å². The van der Waals surface area contributed by atoms with Gasteiger partial charge in [0.05, 0.1) is 22.3 Å². The summed E-state index contributed by atoms with van der Waals surface area (Å²) in [6, 6.07) is 14.5. The number of alkyl halides is 3. The standard InChI is InChI=1S/C28H29F3N6S/c29-28(30,31)23-13-7-12-21-24(23)32-18-22(26-33-34-27(38)37(26)20-10-5-2-6-11-20)25(21)36-16-14-35(15-17-36)19-8-3-1-4-9-19/h2,5-7,10-13,18-19H,1,3-4,8-9,14-17H2,(H,34,38). The zero-order valence-electron chi connectivity index (χ0n) is 20.9. The molecule has 0 bridgehead atoms. The molecule has 2 aromatic carbocycles. The fourth-order valence-electron chi connectivity index (χ4n) is 5.99. The first-order valence-electron chi connectivity index (χ1n) is 13.1. The van der Waals surface area contributed by atoms with Crippen LogP contribution in [0.1, 0.15) is 37.7 Å². The number of nitrogens with one attached hydrogen (secondary N) is 1. The molecule has 0 spiro atoms. The molecule has 2 fully saturated rings. The third-order valence-corrected chi connectivity index (χ3v) is 8.10. The minimum absolute atomic E-state index is 0.0474. The van der Waals surface area contributed by atoms with Crippen LogP contribution in [0.5, 0.6) is 0 Å². The van der Waals surface area contributed by atoms with Gasteiger partial charge in [-0.1, -0.05) is 49.6 Å². The maximum atomic E-state index is 14.0. The second-order valence-electron chi connectivity index (χ2n) is 10.1. The molecule has 0 amide bonds. The Hall–Kier alpha value is -3.24. The van der Waals surface area contributed by atoms with Gasteiger partial charge in [-0.2, -0.15) is 18.3 Å². The molecule has 0 unspecified atom stereocenters. The number of fused-ring (bicyclic) bond motifs is 1. The molecule has 38 heavy (non-hydrogen) atoms. The Kier molecular flexibility index (Phi) is 6.69. The van der Waals surface area contributed by atoms with Crippen molar-refractivity contribution in [2.75, 3.05) is 31.1 Å². The highest BCUT2D eigenvalue weighted by Gasteiger charge is 2.35. The van der Waals surface area contributed by atoms with E-state index in [2.05, 4.69) is 25.0 Å². The summed E-state index contributed by atoms with van der Waals surface area (Å²) in [7, 11) is 0. The lowest BCUT2D eigenvalue weighted by Crippen LogP contribution is -2.51. The van der Waals surface area contributed by atoms with Crippen LogP contribution in [0, 0.1) is 4.77 Å². The minimum Gasteiger partial charge on any atom is -0.368 e. The quantitative estimate of drug-likeness (QED) is 0.296. The molecule has 1 aliphatic carbocycles. The summed E-state index contributed by atoms with van der Waals surface area (Å²) in [5, 5.41) is 7.88. The van der Waals surface area contributed by atoms with Crippen LogP contribution >= 0.6 is 12.2 Å². The summed E-state index contributed by atoms with van der Waals surface area (Å²) in [6.07, 6.45) is 3.31. The summed E-state index contributed by atoms with van der Waals surface area (Å²) >= 11 is 5.56. The topological polar surface area (TPSA) is 53.0 Å². The highest BCUT2D eigenvalue weighted by molar-refractivity contribution is 7.71. The third-order valence-electron chi connectivity index (χ3n) is 7.82. The van der Waals surface area contributed by atoms with E-state index in [1.54, 1.807) is 6.07 Å². The van der Waals surface area contributed by atoms with E-state index in [1.807, 2.05) is 34.9 Å². The van der Waals surface area contributed by atoms with Gasteiger partial charge in [-0.15, -0.1) is 0 Å². The lowest BCUT2D eigenvalue weighted by atomic mass is 9.93. The highest BCUT2D eigenvalue weighted by Crippen LogP contribution is 2.41. The van der Waals surface area contributed by atoms with Crippen LogP contribution in [0.15, 0.2) is 54.7 Å². The SMILES string of the molecule is FC(F)(F)c1cccc2c(N3CCN(C4CCCCC4)CC3)c(-c3n[nH]c(=S)n3-c3ccccc3)cnc12. The van der Waals surface area contributed by atoms with Gasteiger partial charge in [0.2, 0.25) is 0 Å². The molecule has 0 atom stereocenters. The van der Waals surface area contributed by atoms with Crippen molar-refractivity contribution in [3.8, 4) is 17.1 Å². The molecule has 2 aromatic heterocycles. The number of rotatable bonds is 4. The van der Waals surface area contributed by atoms with Crippen molar-refractivity contribution in [1.29, 1.82) is 0 Å². The minimum atomic E-state index is -4.50. The van der Waals surface area contributed by atoms with Gasteiger partial charge in [0, 0.05) is 49.5 Å². The summed E-state index contributed by atoms with van der Waals surface area (Å²) < 4.78 is 44.1. The van der Waals surface area contributed by atoms with Crippen LogP contribution in [0.4, 0.5) is 18.9 Å². The number of pyridine rings is 1. The first-order valence-corrected chi connectivity index (χ1v) is 13.5. The molecule has 1 aliphatic heterocycles. The third kappa shape index (κ3) is 4.60. The number of aromatic amines is 1. The van der Waals surface area contributed by atoms with Crippen molar-refractivity contribution in [3.05, 3.63) is 65.1 Å². The molecule has 198 valence electrons. The number of benzene rings is 2. The van der Waals surface area contributed by atoms with E-state index in [9.17, 15) is 13.2 Å². The van der Waals surface area contributed by atoms with Gasteiger partial charge in [-0.25, -0.2) is 0 Å². The summed E-state index contributed by atoms with van der Waals surface area (Å²) in [6.45, 7) is 3.18. The molecular formula is C28H29F3N6S. The Morgan fingerprint density at radius 2 is 1.63 bits per heavy atom. The Bertz CT molecular complexity index is 1480. The number of halogens is 3. The average molecular weight is 539 g/mol. The van der Waals surface area contributed by atoms with Gasteiger partial charge in [0.15, 0.2) is 10.6 Å². The van der Waals surface area contributed by atoms with Gasteiger partial charge < -0.3 is 4.90 Å². The molecule has 1 saturated carbocycles. The predicted octanol–water partition coefficient (Wildman–Crippen LogP) is 6.62. The lowest BCUT2D eigenvalue weighted by molar-refractivity contribution is -0.136. The molecule has 6 rings (SSSR count). The first kappa shape index (κ1) is 25.1. The van der Waals surface area contributed by atoms with Crippen LogP contribution in [-0.2, 0) is 6.18 Å². The zero-order valence-corrected chi connectivity index (χ0v) is 21.7. The molecule has 1 N–H and O–H groups in total. The van der Waals surface area contributed by atoms with Crippen molar-refractivity contribution < 1.29 is 13.2 Å². The maximum Gasteiger partial charge on any atom is 0.418 e. The van der Waals surface area contributed by atoms with Gasteiger partial charge in [0.1, 0.15) is 0 Å². The predicted molar refractivity (Wildman–Crippen MR) is 145 cm³/mol. The van der Waals surface area contributed by atoms with Crippen molar-refractivity contribution >= 4 is 28.8 Å². The molecular weight excluding hydrogens is 509 g/mol. The number of hydrogen-bond acceptors (Lipinski definition) is 5. The van der Waals surface area contributed by atoms with E-state index < -0.39 is 11.7 Å². The van der Waals surface area contributed by atoms with Gasteiger partial charge in [0.25, 0.3) is 0 Å². The van der Waals surface area contributed by atoms with E-state index >= 15 is 0 Å².